The zero-order valence-corrected chi connectivity index (χ0v) is 20.3. The fourth-order valence-electron chi connectivity index (χ4n) is 6.25. The summed E-state index contributed by atoms with van der Waals surface area (Å²) in [6.45, 7) is 7.25. The van der Waals surface area contributed by atoms with Crippen molar-refractivity contribution in [3.63, 3.8) is 0 Å². The third-order valence-corrected chi connectivity index (χ3v) is 7.77. The van der Waals surface area contributed by atoms with E-state index >= 15 is 0 Å². The molecule has 0 radical (unpaired) electrons. The standard InChI is InChI=1S/C30H39NO2/c1-4-5-6-8-15-24-20-26-27(31)18-19-30(26,29(24)23-13-9-7-10-14-23)22(2)25-16-11-12-17-28(25)33-21-32-3/h7,9-14,16-17,26-27H,2,4-6,8,15,18-21,31H2,1,3H3. The lowest BCUT2D eigenvalue weighted by molar-refractivity contribution is 0.0508. The second-order valence-electron chi connectivity index (χ2n) is 9.67. The van der Waals surface area contributed by atoms with Gasteiger partial charge in [0, 0.05) is 24.1 Å². The SMILES string of the molecule is C=C(c1ccccc1OCOC)C12CCC(N)C1CC(CCCCCC)=C2c1ccccc1. The number of unbranched alkanes of at least 4 members (excludes halogenated alkanes) is 3. The number of rotatable bonds is 11. The van der Waals surface area contributed by atoms with E-state index in [9.17, 15) is 0 Å². The summed E-state index contributed by atoms with van der Waals surface area (Å²) < 4.78 is 11.2. The summed E-state index contributed by atoms with van der Waals surface area (Å²) in [5.74, 6) is 1.22. The Morgan fingerprint density at radius 1 is 1.06 bits per heavy atom. The van der Waals surface area contributed by atoms with E-state index in [1.165, 1.54) is 36.8 Å². The number of fused-ring (bicyclic) bond motifs is 1. The molecule has 33 heavy (non-hydrogen) atoms. The van der Waals surface area contributed by atoms with Crippen LogP contribution in [0.4, 0.5) is 0 Å². The lowest BCUT2D eigenvalue weighted by Gasteiger charge is -2.37. The fraction of sp³-hybridized carbons (Fsp3) is 0.467. The molecule has 2 aromatic rings. The maximum absolute atomic E-state index is 6.80. The van der Waals surface area contributed by atoms with Gasteiger partial charge in [-0.05, 0) is 60.8 Å². The first kappa shape index (κ1) is 23.8. The quantitative estimate of drug-likeness (QED) is 0.293. The van der Waals surface area contributed by atoms with Crippen molar-refractivity contribution in [1.82, 2.24) is 0 Å². The number of benzene rings is 2. The Morgan fingerprint density at radius 2 is 1.82 bits per heavy atom. The molecule has 2 aromatic carbocycles. The Hall–Kier alpha value is -2.36. The van der Waals surface area contributed by atoms with Gasteiger partial charge in [-0.3, -0.25) is 0 Å². The van der Waals surface area contributed by atoms with Crippen LogP contribution >= 0.6 is 0 Å². The van der Waals surface area contributed by atoms with Crippen LogP contribution in [0.1, 0.15) is 69.4 Å². The normalized spacial score (nSPS) is 24.2. The zero-order chi connectivity index (χ0) is 23.3. The molecule has 3 atom stereocenters. The molecule has 0 heterocycles. The van der Waals surface area contributed by atoms with Crippen LogP contribution in [0.5, 0.6) is 5.75 Å². The van der Waals surface area contributed by atoms with Crippen molar-refractivity contribution < 1.29 is 9.47 Å². The number of para-hydroxylation sites is 1. The summed E-state index contributed by atoms with van der Waals surface area (Å²) in [4.78, 5) is 0. The molecule has 0 aromatic heterocycles. The van der Waals surface area contributed by atoms with Gasteiger partial charge in [-0.1, -0.05) is 86.9 Å². The molecule has 1 saturated carbocycles. The molecule has 3 heteroatoms. The molecule has 2 aliphatic rings. The minimum Gasteiger partial charge on any atom is -0.467 e. The van der Waals surface area contributed by atoms with Gasteiger partial charge in [-0.25, -0.2) is 0 Å². The molecule has 0 bridgehead atoms. The summed E-state index contributed by atoms with van der Waals surface area (Å²) in [6.07, 6.45) is 9.42. The van der Waals surface area contributed by atoms with Crippen molar-refractivity contribution >= 4 is 11.1 Å². The highest BCUT2D eigenvalue weighted by molar-refractivity contribution is 5.91. The molecule has 176 valence electrons. The van der Waals surface area contributed by atoms with Crippen LogP contribution in [0.25, 0.3) is 11.1 Å². The lowest BCUT2D eigenvalue weighted by Crippen LogP contribution is -2.33. The van der Waals surface area contributed by atoms with Crippen LogP contribution in [-0.2, 0) is 4.74 Å². The van der Waals surface area contributed by atoms with Crippen molar-refractivity contribution in [2.24, 2.45) is 17.1 Å². The summed E-state index contributed by atoms with van der Waals surface area (Å²) in [6, 6.07) is 19.4. The number of ether oxygens (including phenoxy) is 2. The largest absolute Gasteiger partial charge is 0.467 e. The van der Waals surface area contributed by atoms with E-state index in [4.69, 9.17) is 21.8 Å². The minimum absolute atomic E-state index is 0.145. The molecule has 4 rings (SSSR count). The Bertz CT molecular complexity index is 980. The highest BCUT2D eigenvalue weighted by Gasteiger charge is 2.56. The maximum atomic E-state index is 6.80. The molecule has 0 saturated heterocycles. The molecule has 3 nitrogen and oxygen atoms in total. The van der Waals surface area contributed by atoms with Gasteiger partial charge in [0.25, 0.3) is 0 Å². The van der Waals surface area contributed by atoms with E-state index in [1.807, 2.05) is 12.1 Å². The Balaban J connectivity index is 1.80. The van der Waals surface area contributed by atoms with E-state index in [2.05, 4.69) is 49.4 Å². The smallest absolute Gasteiger partial charge is 0.188 e. The Morgan fingerprint density at radius 3 is 2.58 bits per heavy atom. The van der Waals surface area contributed by atoms with Gasteiger partial charge in [0.15, 0.2) is 6.79 Å². The van der Waals surface area contributed by atoms with Crippen LogP contribution in [0, 0.1) is 11.3 Å². The molecule has 1 fully saturated rings. The molecule has 2 N–H and O–H groups in total. The van der Waals surface area contributed by atoms with Crippen LogP contribution < -0.4 is 10.5 Å². The second kappa shape index (κ2) is 10.7. The third-order valence-electron chi connectivity index (χ3n) is 7.77. The van der Waals surface area contributed by atoms with E-state index in [0.29, 0.717) is 5.92 Å². The maximum Gasteiger partial charge on any atom is 0.188 e. The van der Waals surface area contributed by atoms with Crippen LogP contribution in [0.3, 0.4) is 0 Å². The average molecular weight is 446 g/mol. The highest BCUT2D eigenvalue weighted by atomic mass is 16.7. The van der Waals surface area contributed by atoms with E-state index < -0.39 is 0 Å². The lowest BCUT2D eigenvalue weighted by atomic mass is 9.66. The van der Waals surface area contributed by atoms with Crippen molar-refractivity contribution in [3.8, 4) is 5.75 Å². The first-order chi connectivity index (χ1) is 16.1. The average Bonchev–Trinajstić information content (AvgIpc) is 3.35. The van der Waals surface area contributed by atoms with Gasteiger partial charge in [0.2, 0.25) is 0 Å². The Labute approximate surface area is 199 Å². The second-order valence-corrected chi connectivity index (χ2v) is 9.67. The molecular formula is C30H39NO2. The molecule has 3 unspecified atom stereocenters. The van der Waals surface area contributed by atoms with Gasteiger partial charge in [-0.15, -0.1) is 0 Å². The number of nitrogens with two attached hydrogens (primary N) is 1. The molecule has 2 aliphatic carbocycles. The van der Waals surface area contributed by atoms with Crippen LogP contribution in [0.2, 0.25) is 0 Å². The topological polar surface area (TPSA) is 44.5 Å². The van der Waals surface area contributed by atoms with Crippen LogP contribution in [0.15, 0.2) is 66.7 Å². The first-order valence-electron chi connectivity index (χ1n) is 12.6. The van der Waals surface area contributed by atoms with E-state index in [-0.39, 0.29) is 18.2 Å². The van der Waals surface area contributed by atoms with Gasteiger partial charge in [0.1, 0.15) is 5.75 Å². The molecule has 0 amide bonds. The zero-order valence-electron chi connectivity index (χ0n) is 20.3. The van der Waals surface area contributed by atoms with Gasteiger partial charge >= 0.3 is 0 Å². The van der Waals surface area contributed by atoms with Crippen molar-refractivity contribution in [2.45, 2.75) is 64.3 Å². The minimum atomic E-state index is -0.145. The molecule has 0 spiro atoms. The monoisotopic (exact) mass is 445 g/mol. The number of allylic oxidation sites excluding steroid dienone is 3. The van der Waals surface area contributed by atoms with Crippen LogP contribution in [-0.4, -0.2) is 19.9 Å². The predicted molar refractivity (Wildman–Crippen MR) is 138 cm³/mol. The highest BCUT2D eigenvalue weighted by Crippen LogP contribution is 2.66. The van der Waals surface area contributed by atoms with E-state index in [1.54, 1.807) is 12.7 Å². The summed E-state index contributed by atoms with van der Waals surface area (Å²) in [5.41, 5.74) is 13.3. The predicted octanol–water partition coefficient (Wildman–Crippen LogP) is 7.23. The number of methoxy groups -OCH3 is 1. The van der Waals surface area contributed by atoms with Gasteiger partial charge < -0.3 is 15.2 Å². The molecular weight excluding hydrogens is 406 g/mol. The first-order valence-corrected chi connectivity index (χ1v) is 12.6. The fourth-order valence-corrected chi connectivity index (χ4v) is 6.25. The van der Waals surface area contributed by atoms with Crippen molar-refractivity contribution in [1.29, 1.82) is 0 Å². The van der Waals surface area contributed by atoms with Crippen molar-refractivity contribution in [2.75, 3.05) is 13.9 Å². The van der Waals surface area contributed by atoms with E-state index in [0.717, 1.165) is 42.6 Å². The summed E-state index contributed by atoms with van der Waals surface area (Å²) >= 11 is 0. The summed E-state index contributed by atoms with van der Waals surface area (Å²) in [7, 11) is 1.65. The Kier molecular flexibility index (Phi) is 7.72. The van der Waals surface area contributed by atoms with Gasteiger partial charge in [0.05, 0.1) is 0 Å². The number of hydrogen-bond acceptors (Lipinski definition) is 3. The molecule has 0 aliphatic heterocycles. The summed E-state index contributed by atoms with van der Waals surface area (Å²) in [5, 5.41) is 0. The van der Waals surface area contributed by atoms with Crippen molar-refractivity contribution in [3.05, 3.63) is 77.9 Å². The number of hydrogen-bond donors (Lipinski definition) is 1. The van der Waals surface area contributed by atoms with Gasteiger partial charge in [-0.2, -0.15) is 0 Å². The third kappa shape index (κ3) is 4.54.